The second-order valence-electron chi connectivity index (χ2n) is 5.26. The summed E-state index contributed by atoms with van der Waals surface area (Å²) in [7, 11) is 2.88. The molecule has 8 nitrogen and oxygen atoms in total. The molecule has 0 aliphatic carbocycles. The average molecular weight is 357 g/mol. The van der Waals surface area contributed by atoms with E-state index in [4.69, 9.17) is 9.47 Å². The molecule has 2 rings (SSSR count). The molecule has 3 N–H and O–H groups in total. The van der Waals surface area contributed by atoms with Gasteiger partial charge in [0.25, 0.3) is 0 Å². The highest BCUT2D eigenvalue weighted by Gasteiger charge is 2.15. The van der Waals surface area contributed by atoms with E-state index in [0.29, 0.717) is 17.0 Å². The Morgan fingerprint density at radius 1 is 1.08 bits per heavy atom. The molecule has 0 heterocycles. The first kappa shape index (κ1) is 18.8. The van der Waals surface area contributed by atoms with E-state index in [-0.39, 0.29) is 11.5 Å². The monoisotopic (exact) mass is 357 g/mol. The molecule has 2 aromatic rings. The van der Waals surface area contributed by atoms with Crippen LogP contribution in [0, 0.1) is 6.92 Å². The number of carbonyl (C=O) groups is 2. The van der Waals surface area contributed by atoms with Crippen LogP contribution in [0.4, 0.5) is 5.69 Å². The summed E-state index contributed by atoms with van der Waals surface area (Å²) in [5.41, 5.74) is 3.69. The minimum atomic E-state index is -0.966. The smallest absolute Gasteiger partial charge is 0.329 e. The maximum absolute atomic E-state index is 12.0. The van der Waals surface area contributed by atoms with Gasteiger partial charge in [-0.05, 0) is 36.8 Å². The van der Waals surface area contributed by atoms with Crippen LogP contribution in [0.5, 0.6) is 17.2 Å². The summed E-state index contributed by atoms with van der Waals surface area (Å²) >= 11 is 0. The summed E-state index contributed by atoms with van der Waals surface area (Å²) in [5, 5.41) is 16.0. The van der Waals surface area contributed by atoms with Crippen molar-refractivity contribution in [1.29, 1.82) is 0 Å². The Bertz CT molecular complexity index is 849. The third-order valence-electron chi connectivity index (χ3n) is 3.43. The zero-order valence-corrected chi connectivity index (χ0v) is 14.6. The van der Waals surface area contributed by atoms with E-state index in [2.05, 4.69) is 15.8 Å². The zero-order valence-electron chi connectivity index (χ0n) is 14.6. The molecule has 0 aromatic heterocycles. The molecule has 136 valence electrons. The van der Waals surface area contributed by atoms with E-state index in [1.165, 1.54) is 20.4 Å². The molecular formula is C18H19N3O5. The number of ether oxygens (including phenoxy) is 2. The number of carbonyl (C=O) groups excluding carboxylic acids is 2. The fourth-order valence-corrected chi connectivity index (χ4v) is 2.12. The lowest BCUT2D eigenvalue weighted by atomic mass is 10.2. The molecule has 26 heavy (non-hydrogen) atoms. The standard InChI is InChI=1S/C18H19N3O5/c1-11-7-8-14(25-2)13(9-11)20-17(23)18(24)21-19-10-12-5-4-6-15(26-3)16(12)22/h4-10,22H,1-3H3,(H,20,23)(H,21,24). The van der Waals surface area contributed by atoms with Crippen LogP contribution in [0.25, 0.3) is 0 Å². The van der Waals surface area contributed by atoms with Crippen LogP contribution in [0.2, 0.25) is 0 Å². The van der Waals surface area contributed by atoms with Gasteiger partial charge in [-0.15, -0.1) is 0 Å². The number of aromatic hydroxyl groups is 1. The maximum Gasteiger partial charge on any atom is 0.329 e. The molecule has 0 bridgehead atoms. The largest absolute Gasteiger partial charge is 0.504 e. The Morgan fingerprint density at radius 3 is 2.50 bits per heavy atom. The number of hydrogen-bond donors (Lipinski definition) is 3. The van der Waals surface area contributed by atoms with Gasteiger partial charge in [-0.1, -0.05) is 12.1 Å². The number of benzene rings is 2. The van der Waals surface area contributed by atoms with Crippen molar-refractivity contribution in [2.24, 2.45) is 5.10 Å². The maximum atomic E-state index is 12.0. The van der Waals surface area contributed by atoms with Crippen LogP contribution in [0.1, 0.15) is 11.1 Å². The fraction of sp³-hybridized carbons (Fsp3) is 0.167. The number of rotatable bonds is 5. The van der Waals surface area contributed by atoms with Crippen molar-refractivity contribution < 1.29 is 24.2 Å². The molecule has 0 spiro atoms. The molecule has 0 saturated carbocycles. The van der Waals surface area contributed by atoms with Crippen molar-refractivity contribution in [2.75, 3.05) is 19.5 Å². The summed E-state index contributed by atoms with van der Waals surface area (Å²) in [6.45, 7) is 1.85. The highest BCUT2D eigenvalue weighted by atomic mass is 16.5. The van der Waals surface area contributed by atoms with Crippen LogP contribution in [-0.2, 0) is 9.59 Å². The number of amides is 2. The van der Waals surface area contributed by atoms with E-state index in [1.807, 2.05) is 13.0 Å². The summed E-state index contributed by atoms with van der Waals surface area (Å²) in [4.78, 5) is 23.8. The summed E-state index contributed by atoms with van der Waals surface area (Å²) in [6, 6.07) is 9.99. The SMILES string of the molecule is COc1ccc(C)cc1NC(=O)C(=O)NN=Cc1cccc(OC)c1O. The quantitative estimate of drug-likeness (QED) is 0.429. The first-order valence-corrected chi connectivity index (χ1v) is 7.61. The van der Waals surface area contributed by atoms with Gasteiger partial charge in [0, 0.05) is 5.56 Å². The molecule has 0 aliphatic rings. The van der Waals surface area contributed by atoms with Crippen LogP contribution in [0.3, 0.4) is 0 Å². The molecule has 0 atom stereocenters. The number of nitrogens with zero attached hydrogens (tertiary/aromatic N) is 1. The van der Waals surface area contributed by atoms with Crippen LogP contribution in [-0.4, -0.2) is 37.4 Å². The number of hydrogen-bond acceptors (Lipinski definition) is 6. The van der Waals surface area contributed by atoms with Crippen molar-refractivity contribution in [1.82, 2.24) is 5.43 Å². The van der Waals surface area contributed by atoms with Gasteiger partial charge in [-0.3, -0.25) is 9.59 Å². The fourth-order valence-electron chi connectivity index (χ4n) is 2.12. The van der Waals surface area contributed by atoms with Gasteiger partial charge in [0.15, 0.2) is 11.5 Å². The Labute approximate surface area is 150 Å². The minimum Gasteiger partial charge on any atom is -0.504 e. The predicted octanol–water partition coefficient (Wildman–Crippen LogP) is 1.81. The molecule has 0 unspecified atom stereocenters. The van der Waals surface area contributed by atoms with Gasteiger partial charge < -0.3 is 19.9 Å². The molecule has 8 heteroatoms. The van der Waals surface area contributed by atoms with Crippen molar-refractivity contribution in [3.8, 4) is 17.2 Å². The van der Waals surface area contributed by atoms with E-state index >= 15 is 0 Å². The Hall–Kier alpha value is -3.55. The first-order chi connectivity index (χ1) is 12.5. The molecule has 2 aromatic carbocycles. The highest BCUT2D eigenvalue weighted by molar-refractivity contribution is 6.39. The number of hydrazone groups is 1. The third kappa shape index (κ3) is 4.50. The average Bonchev–Trinajstić information content (AvgIpc) is 2.63. The minimum absolute atomic E-state index is 0.123. The van der Waals surface area contributed by atoms with Gasteiger partial charge in [-0.2, -0.15) is 5.10 Å². The van der Waals surface area contributed by atoms with Crippen molar-refractivity contribution in [2.45, 2.75) is 6.92 Å². The zero-order chi connectivity index (χ0) is 19.1. The summed E-state index contributed by atoms with van der Waals surface area (Å²) < 4.78 is 10.1. The summed E-state index contributed by atoms with van der Waals surface area (Å²) in [5.74, 6) is -1.29. The third-order valence-corrected chi connectivity index (χ3v) is 3.43. The number of para-hydroxylation sites is 1. The topological polar surface area (TPSA) is 109 Å². The first-order valence-electron chi connectivity index (χ1n) is 7.61. The number of nitrogens with one attached hydrogen (secondary N) is 2. The van der Waals surface area contributed by atoms with Gasteiger partial charge in [0.2, 0.25) is 0 Å². The molecule has 0 radical (unpaired) electrons. The Morgan fingerprint density at radius 2 is 1.81 bits per heavy atom. The second kappa shape index (κ2) is 8.52. The van der Waals surface area contributed by atoms with Gasteiger partial charge in [-0.25, -0.2) is 5.43 Å². The number of anilines is 1. The van der Waals surface area contributed by atoms with E-state index in [9.17, 15) is 14.7 Å². The number of methoxy groups -OCH3 is 2. The van der Waals surface area contributed by atoms with Crippen LogP contribution in [0.15, 0.2) is 41.5 Å². The van der Waals surface area contributed by atoms with Crippen LogP contribution < -0.4 is 20.2 Å². The van der Waals surface area contributed by atoms with Crippen molar-refractivity contribution in [3.05, 3.63) is 47.5 Å². The van der Waals surface area contributed by atoms with Crippen molar-refractivity contribution >= 4 is 23.7 Å². The second-order valence-corrected chi connectivity index (χ2v) is 5.26. The van der Waals surface area contributed by atoms with Gasteiger partial charge in [0.1, 0.15) is 5.75 Å². The molecule has 0 fully saturated rings. The normalized spacial score (nSPS) is 10.4. The van der Waals surface area contributed by atoms with E-state index < -0.39 is 11.8 Å². The Balaban J connectivity index is 2.02. The number of phenols is 1. The number of aryl methyl sites for hydroxylation is 1. The highest BCUT2D eigenvalue weighted by Crippen LogP contribution is 2.28. The molecule has 0 saturated heterocycles. The lowest BCUT2D eigenvalue weighted by Gasteiger charge is -2.10. The predicted molar refractivity (Wildman–Crippen MR) is 96.8 cm³/mol. The lowest BCUT2D eigenvalue weighted by molar-refractivity contribution is -0.136. The summed E-state index contributed by atoms with van der Waals surface area (Å²) in [6.07, 6.45) is 1.20. The lowest BCUT2D eigenvalue weighted by Crippen LogP contribution is -2.32. The van der Waals surface area contributed by atoms with E-state index in [0.717, 1.165) is 5.56 Å². The van der Waals surface area contributed by atoms with Gasteiger partial charge in [0.05, 0.1) is 26.1 Å². The van der Waals surface area contributed by atoms with Crippen LogP contribution >= 0.6 is 0 Å². The molecular weight excluding hydrogens is 338 g/mol. The molecule has 2 amide bonds. The van der Waals surface area contributed by atoms with Gasteiger partial charge >= 0.3 is 11.8 Å². The Kier molecular flexibility index (Phi) is 6.15. The molecule has 0 aliphatic heterocycles. The van der Waals surface area contributed by atoms with Crippen molar-refractivity contribution in [3.63, 3.8) is 0 Å². The van der Waals surface area contributed by atoms with E-state index in [1.54, 1.807) is 30.3 Å². The number of phenolic OH excluding ortho intramolecular Hbond substituents is 1.